The highest BCUT2D eigenvalue weighted by molar-refractivity contribution is 7.41. The van der Waals surface area contributed by atoms with Crippen LogP contribution in [0.4, 0.5) is 0 Å². The second-order valence-electron chi connectivity index (χ2n) is 3.66. The van der Waals surface area contributed by atoms with Gasteiger partial charge in [-0.1, -0.05) is 26.2 Å². The van der Waals surface area contributed by atoms with Gasteiger partial charge < -0.3 is 13.6 Å². The summed E-state index contributed by atoms with van der Waals surface area (Å²) in [6.07, 6.45) is 6.20. The molecule has 3 nitrogen and oxygen atoms in total. The predicted octanol–water partition coefficient (Wildman–Crippen LogP) is 3.64. The van der Waals surface area contributed by atoms with Crippen LogP contribution in [0.15, 0.2) is 0 Å². The van der Waals surface area contributed by atoms with Gasteiger partial charge in [0.25, 0.3) is 0 Å². The van der Waals surface area contributed by atoms with Crippen molar-refractivity contribution in [3.63, 3.8) is 0 Å². The Labute approximate surface area is 88.1 Å². The van der Waals surface area contributed by atoms with Gasteiger partial charge in [0.05, 0.1) is 19.3 Å². The quantitative estimate of drug-likeness (QED) is 0.505. The first-order chi connectivity index (χ1) is 6.83. The van der Waals surface area contributed by atoms with E-state index in [1.807, 2.05) is 0 Å². The standard InChI is InChI=1S/C10H21O3P/c1-3-4-5-6-8-11-14-12-9-7-10(2)13-14/h10H,3-9H2,1-2H3. The molecule has 1 rings (SSSR count). The third kappa shape index (κ3) is 5.26. The lowest BCUT2D eigenvalue weighted by molar-refractivity contribution is 0.0705. The lowest BCUT2D eigenvalue weighted by Crippen LogP contribution is -2.15. The number of hydrogen-bond donors (Lipinski definition) is 0. The Morgan fingerprint density at radius 2 is 2.21 bits per heavy atom. The molecule has 0 aromatic rings. The minimum Gasteiger partial charge on any atom is -0.312 e. The number of hydrogen-bond acceptors (Lipinski definition) is 3. The molecule has 0 aliphatic carbocycles. The van der Waals surface area contributed by atoms with Crippen LogP contribution in [0.2, 0.25) is 0 Å². The summed E-state index contributed by atoms with van der Waals surface area (Å²) in [4.78, 5) is 0. The van der Waals surface area contributed by atoms with Gasteiger partial charge in [0.15, 0.2) is 0 Å². The summed E-state index contributed by atoms with van der Waals surface area (Å²) in [5, 5.41) is 0. The highest BCUT2D eigenvalue weighted by atomic mass is 31.2. The minimum atomic E-state index is -1.03. The lowest BCUT2D eigenvalue weighted by atomic mass is 10.2. The normalized spacial score (nSPS) is 27.9. The molecule has 14 heavy (non-hydrogen) atoms. The molecule has 1 aliphatic rings. The Kier molecular flexibility index (Phi) is 6.70. The largest absolute Gasteiger partial charge is 0.332 e. The molecule has 2 unspecified atom stereocenters. The molecule has 1 heterocycles. The summed E-state index contributed by atoms with van der Waals surface area (Å²) in [6, 6.07) is 0. The second kappa shape index (κ2) is 7.58. The maximum Gasteiger partial charge on any atom is 0.332 e. The van der Waals surface area contributed by atoms with Crippen LogP contribution in [0, 0.1) is 0 Å². The minimum absolute atomic E-state index is 0.297. The van der Waals surface area contributed by atoms with E-state index < -0.39 is 8.60 Å². The molecular weight excluding hydrogens is 199 g/mol. The topological polar surface area (TPSA) is 27.7 Å². The van der Waals surface area contributed by atoms with Crippen LogP contribution in [-0.2, 0) is 13.6 Å². The van der Waals surface area contributed by atoms with Crippen LogP contribution in [0.1, 0.15) is 46.0 Å². The third-order valence-electron chi connectivity index (χ3n) is 2.18. The van der Waals surface area contributed by atoms with E-state index in [9.17, 15) is 0 Å². The van der Waals surface area contributed by atoms with E-state index in [1.165, 1.54) is 19.3 Å². The molecule has 84 valence electrons. The van der Waals surface area contributed by atoms with Gasteiger partial charge in [-0.3, -0.25) is 0 Å². The van der Waals surface area contributed by atoms with Crippen LogP contribution in [0.5, 0.6) is 0 Å². The molecule has 0 spiro atoms. The van der Waals surface area contributed by atoms with Crippen molar-refractivity contribution in [3.8, 4) is 0 Å². The fraction of sp³-hybridized carbons (Fsp3) is 1.00. The van der Waals surface area contributed by atoms with Gasteiger partial charge in [-0.05, 0) is 19.8 Å². The number of rotatable bonds is 6. The van der Waals surface area contributed by atoms with Gasteiger partial charge in [-0.15, -0.1) is 0 Å². The summed E-state index contributed by atoms with van der Waals surface area (Å²) in [6.45, 7) is 5.83. The molecule has 1 aliphatic heterocycles. The lowest BCUT2D eigenvalue weighted by Gasteiger charge is -2.25. The van der Waals surface area contributed by atoms with Crippen molar-refractivity contribution >= 4 is 8.60 Å². The molecule has 2 atom stereocenters. The zero-order chi connectivity index (χ0) is 10.2. The van der Waals surface area contributed by atoms with Crippen molar-refractivity contribution in [3.05, 3.63) is 0 Å². The maximum atomic E-state index is 5.52. The SMILES string of the molecule is CCCCCCOP1OCCC(C)O1. The van der Waals surface area contributed by atoms with Crippen LogP contribution in [0.25, 0.3) is 0 Å². The summed E-state index contributed by atoms with van der Waals surface area (Å²) in [7, 11) is -1.03. The van der Waals surface area contributed by atoms with Gasteiger partial charge >= 0.3 is 8.60 Å². The fourth-order valence-corrected chi connectivity index (χ4v) is 2.39. The predicted molar refractivity (Wildman–Crippen MR) is 58.1 cm³/mol. The first kappa shape index (κ1) is 12.4. The van der Waals surface area contributed by atoms with E-state index in [1.54, 1.807) is 0 Å². The molecular formula is C10H21O3P. The summed E-state index contributed by atoms with van der Waals surface area (Å²) in [5.74, 6) is 0. The van der Waals surface area contributed by atoms with E-state index in [0.717, 1.165) is 26.1 Å². The van der Waals surface area contributed by atoms with Gasteiger partial charge in [-0.25, -0.2) is 0 Å². The molecule has 0 radical (unpaired) electrons. The molecule has 4 heteroatoms. The Hall–Kier alpha value is 0.310. The summed E-state index contributed by atoms with van der Waals surface area (Å²) < 4.78 is 16.4. The van der Waals surface area contributed by atoms with E-state index in [2.05, 4.69) is 13.8 Å². The molecule has 0 saturated carbocycles. The molecule has 1 fully saturated rings. The number of unbranched alkanes of at least 4 members (excludes halogenated alkanes) is 3. The van der Waals surface area contributed by atoms with E-state index in [0.29, 0.717) is 6.10 Å². The van der Waals surface area contributed by atoms with E-state index >= 15 is 0 Å². The van der Waals surface area contributed by atoms with Gasteiger partial charge in [0.1, 0.15) is 0 Å². The Morgan fingerprint density at radius 3 is 2.93 bits per heavy atom. The maximum absolute atomic E-state index is 5.52. The van der Waals surface area contributed by atoms with E-state index in [4.69, 9.17) is 13.6 Å². The Balaban J connectivity index is 1.95. The average Bonchev–Trinajstić information content (AvgIpc) is 2.18. The molecule has 0 aromatic heterocycles. The third-order valence-corrected chi connectivity index (χ3v) is 3.50. The zero-order valence-electron chi connectivity index (χ0n) is 9.20. The van der Waals surface area contributed by atoms with Crippen molar-refractivity contribution in [2.75, 3.05) is 13.2 Å². The Bertz CT molecular complexity index is 143. The molecule has 0 bridgehead atoms. The highest BCUT2D eigenvalue weighted by Gasteiger charge is 2.21. The Morgan fingerprint density at radius 1 is 1.36 bits per heavy atom. The second-order valence-corrected chi connectivity index (χ2v) is 4.83. The van der Waals surface area contributed by atoms with E-state index in [-0.39, 0.29) is 0 Å². The molecule has 0 N–H and O–H groups in total. The molecule has 0 aromatic carbocycles. The molecule has 1 saturated heterocycles. The highest BCUT2D eigenvalue weighted by Crippen LogP contribution is 2.44. The smallest absolute Gasteiger partial charge is 0.312 e. The van der Waals surface area contributed by atoms with Gasteiger partial charge in [-0.2, -0.15) is 0 Å². The van der Waals surface area contributed by atoms with Crippen LogP contribution < -0.4 is 0 Å². The van der Waals surface area contributed by atoms with Crippen molar-refractivity contribution < 1.29 is 13.6 Å². The van der Waals surface area contributed by atoms with Gasteiger partial charge in [0, 0.05) is 0 Å². The first-order valence-corrected chi connectivity index (χ1v) is 6.65. The van der Waals surface area contributed by atoms with Crippen molar-refractivity contribution in [2.45, 2.75) is 52.1 Å². The van der Waals surface area contributed by atoms with Crippen LogP contribution >= 0.6 is 8.60 Å². The summed E-state index contributed by atoms with van der Waals surface area (Å²) >= 11 is 0. The van der Waals surface area contributed by atoms with Crippen molar-refractivity contribution in [2.24, 2.45) is 0 Å². The first-order valence-electron chi connectivity index (χ1n) is 5.55. The average molecular weight is 220 g/mol. The monoisotopic (exact) mass is 220 g/mol. The fourth-order valence-electron chi connectivity index (χ4n) is 1.26. The van der Waals surface area contributed by atoms with Crippen LogP contribution in [-0.4, -0.2) is 19.3 Å². The zero-order valence-corrected chi connectivity index (χ0v) is 10.1. The van der Waals surface area contributed by atoms with Crippen molar-refractivity contribution in [1.82, 2.24) is 0 Å². The summed E-state index contributed by atoms with van der Waals surface area (Å²) in [5.41, 5.74) is 0. The molecule has 0 amide bonds. The van der Waals surface area contributed by atoms with Crippen molar-refractivity contribution in [1.29, 1.82) is 0 Å². The van der Waals surface area contributed by atoms with Crippen LogP contribution in [0.3, 0.4) is 0 Å². The van der Waals surface area contributed by atoms with Gasteiger partial charge in [0.2, 0.25) is 0 Å².